The Hall–Kier alpha value is -4.06. The summed E-state index contributed by atoms with van der Waals surface area (Å²) in [5.74, 6) is -0.142. The Kier molecular flexibility index (Phi) is 4.47. The molecule has 0 fully saturated rings. The topological polar surface area (TPSA) is 86.0 Å². The van der Waals surface area contributed by atoms with Gasteiger partial charge in [0.2, 0.25) is 5.43 Å². The molecule has 0 amide bonds. The van der Waals surface area contributed by atoms with Gasteiger partial charge in [-0.1, -0.05) is 36.4 Å². The van der Waals surface area contributed by atoms with Crippen LogP contribution >= 0.6 is 0 Å². The van der Waals surface area contributed by atoms with Gasteiger partial charge < -0.3 is 19.0 Å². The first-order valence-electron chi connectivity index (χ1n) is 9.78. The van der Waals surface area contributed by atoms with E-state index in [9.17, 15) is 14.7 Å². The highest BCUT2D eigenvalue weighted by molar-refractivity contribution is 5.90. The fourth-order valence-electron chi connectivity index (χ4n) is 4.07. The number of aromatic hydroxyl groups is 1. The number of ether oxygens (including phenoxy) is 2. The lowest BCUT2D eigenvalue weighted by molar-refractivity contribution is -0.135. The number of hydrogen-bond donors (Lipinski definition) is 1. The van der Waals surface area contributed by atoms with Gasteiger partial charge in [0.25, 0.3) is 0 Å². The maximum absolute atomic E-state index is 13.2. The van der Waals surface area contributed by atoms with E-state index >= 15 is 0 Å². The van der Waals surface area contributed by atoms with Crippen molar-refractivity contribution in [3.05, 3.63) is 88.3 Å². The molecule has 1 N–H and O–H groups in total. The van der Waals surface area contributed by atoms with Gasteiger partial charge in [-0.15, -0.1) is 0 Å². The van der Waals surface area contributed by atoms with Gasteiger partial charge in [0.15, 0.2) is 11.5 Å². The quantitative estimate of drug-likeness (QED) is 0.389. The minimum atomic E-state index is -0.417. The van der Waals surface area contributed by atoms with Crippen molar-refractivity contribution in [2.75, 3.05) is 7.11 Å². The Balaban J connectivity index is 1.74. The minimum Gasteiger partial charge on any atom is -0.504 e. The molecule has 0 saturated carbocycles. The van der Waals surface area contributed by atoms with Crippen LogP contribution < -0.4 is 14.9 Å². The van der Waals surface area contributed by atoms with Crippen molar-refractivity contribution in [3.8, 4) is 28.4 Å². The maximum atomic E-state index is 13.2. The number of carbonyl (C=O) groups excluding carboxylic acids is 1. The summed E-state index contributed by atoms with van der Waals surface area (Å²) in [6.07, 6.45) is 1.52. The number of esters is 1. The predicted molar refractivity (Wildman–Crippen MR) is 115 cm³/mol. The highest BCUT2D eigenvalue weighted by Crippen LogP contribution is 2.44. The van der Waals surface area contributed by atoms with Crippen molar-refractivity contribution >= 4 is 16.9 Å². The van der Waals surface area contributed by atoms with Gasteiger partial charge in [-0.2, -0.15) is 0 Å². The molecule has 4 aromatic rings. The lowest BCUT2D eigenvalue weighted by atomic mass is 9.85. The van der Waals surface area contributed by atoms with Gasteiger partial charge in [-0.3, -0.25) is 9.59 Å². The van der Waals surface area contributed by atoms with Crippen LogP contribution in [0.2, 0.25) is 0 Å². The molecule has 0 unspecified atom stereocenters. The van der Waals surface area contributed by atoms with E-state index in [0.29, 0.717) is 33.6 Å². The second-order valence-corrected chi connectivity index (χ2v) is 7.36. The molecule has 2 heterocycles. The number of hydrogen-bond acceptors (Lipinski definition) is 6. The van der Waals surface area contributed by atoms with E-state index in [-0.39, 0.29) is 23.6 Å². The van der Waals surface area contributed by atoms with Crippen LogP contribution in [0, 0.1) is 0 Å². The van der Waals surface area contributed by atoms with Crippen LogP contribution in [0.5, 0.6) is 17.2 Å². The molecular formula is C25H18O6. The highest BCUT2D eigenvalue weighted by atomic mass is 16.5. The van der Waals surface area contributed by atoms with E-state index in [4.69, 9.17) is 13.9 Å². The van der Waals surface area contributed by atoms with Crippen LogP contribution in [0.3, 0.4) is 0 Å². The maximum Gasteiger partial charge on any atom is 0.312 e. The molecule has 5 rings (SSSR count). The third-order valence-electron chi connectivity index (χ3n) is 5.57. The van der Waals surface area contributed by atoms with Gasteiger partial charge in [0, 0.05) is 11.5 Å². The van der Waals surface area contributed by atoms with Crippen molar-refractivity contribution in [2.45, 2.75) is 12.3 Å². The Morgan fingerprint density at radius 1 is 1.03 bits per heavy atom. The molecule has 0 aliphatic carbocycles. The van der Waals surface area contributed by atoms with Gasteiger partial charge in [-0.05, 0) is 35.4 Å². The van der Waals surface area contributed by atoms with Crippen LogP contribution in [0.1, 0.15) is 23.5 Å². The van der Waals surface area contributed by atoms with Crippen LogP contribution in [0.25, 0.3) is 22.1 Å². The summed E-state index contributed by atoms with van der Waals surface area (Å²) in [6.45, 7) is 0. The summed E-state index contributed by atoms with van der Waals surface area (Å²) in [7, 11) is 1.46. The molecule has 1 aromatic heterocycles. The molecule has 1 atom stereocenters. The van der Waals surface area contributed by atoms with E-state index in [2.05, 4.69) is 0 Å². The third-order valence-corrected chi connectivity index (χ3v) is 5.57. The van der Waals surface area contributed by atoms with Gasteiger partial charge in [0.05, 0.1) is 24.5 Å². The second kappa shape index (κ2) is 7.32. The second-order valence-electron chi connectivity index (χ2n) is 7.36. The zero-order valence-electron chi connectivity index (χ0n) is 16.6. The monoisotopic (exact) mass is 414 g/mol. The average molecular weight is 414 g/mol. The number of phenolic OH excluding ortho intramolecular Hbond substituents is 1. The normalized spacial score (nSPS) is 15.4. The molecule has 0 saturated heterocycles. The van der Waals surface area contributed by atoms with Crippen LogP contribution in [-0.4, -0.2) is 18.2 Å². The Morgan fingerprint density at radius 3 is 2.61 bits per heavy atom. The zero-order valence-corrected chi connectivity index (χ0v) is 16.6. The molecule has 1 aliphatic heterocycles. The summed E-state index contributed by atoms with van der Waals surface area (Å²) < 4.78 is 16.6. The van der Waals surface area contributed by atoms with Crippen molar-refractivity contribution in [1.82, 2.24) is 0 Å². The first kappa shape index (κ1) is 18.9. The molecular weight excluding hydrogens is 396 g/mol. The number of benzene rings is 3. The van der Waals surface area contributed by atoms with Crippen molar-refractivity contribution in [1.29, 1.82) is 0 Å². The number of rotatable bonds is 3. The average Bonchev–Trinajstić information content (AvgIpc) is 2.79. The van der Waals surface area contributed by atoms with Crippen molar-refractivity contribution in [2.24, 2.45) is 0 Å². The first-order chi connectivity index (χ1) is 15.1. The molecule has 31 heavy (non-hydrogen) atoms. The largest absolute Gasteiger partial charge is 0.504 e. The molecule has 0 radical (unpaired) electrons. The van der Waals surface area contributed by atoms with E-state index in [1.54, 1.807) is 24.3 Å². The predicted octanol–water partition coefficient (Wildman–Crippen LogP) is 4.62. The molecule has 6 nitrogen and oxygen atoms in total. The molecule has 3 aromatic carbocycles. The summed E-state index contributed by atoms with van der Waals surface area (Å²) in [6, 6.07) is 17.5. The molecule has 154 valence electrons. The highest BCUT2D eigenvalue weighted by Gasteiger charge is 2.32. The zero-order chi connectivity index (χ0) is 21.5. The first-order valence-corrected chi connectivity index (χ1v) is 9.78. The lowest BCUT2D eigenvalue weighted by Gasteiger charge is -2.26. The fourth-order valence-corrected chi connectivity index (χ4v) is 4.07. The Morgan fingerprint density at radius 2 is 1.84 bits per heavy atom. The number of methoxy groups -OCH3 is 1. The molecule has 1 aliphatic rings. The van der Waals surface area contributed by atoms with E-state index in [1.807, 2.05) is 30.3 Å². The van der Waals surface area contributed by atoms with Gasteiger partial charge >= 0.3 is 5.97 Å². The molecule has 0 spiro atoms. The van der Waals surface area contributed by atoms with E-state index in [0.717, 1.165) is 11.1 Å². The Bertz CT molecular complexity index is 1370. The molecule has 0 bridgehead atoms. The summed E-state index contributed by atoms with van der Waals surface area (Å²) >= 11 is 0. The summed E-state index contributed by atoms with van der Waals surface area (Å²) in [5, 5.41) is 10.4. The summed E-state index contributed by atoms with van der Waals surface area (Å²) in [4.78, 5) is 25.5. The van der Waals surface area contributed by atoms with Crippen LogP contribution in [0.4, 0.5) is 0 Å². The standard InChI is InChI=1S/C25H18O6/c1-29-21-11-15(7-9-19(21)26)17-12-22(27)31-20-10-8-16-24(28)18(13-30-25(16)23(17)20)14-5-3-2-4-6-14/h2-11,13,17,26H,12H2,1H3/t17-/m0/s1. The van der Waals surface area contributed by atoms with Gasteiger partial charge in [-0.25, -0.2) is 0 Å². The number of fused-ring (bicyclic) bond motifs is 3. The smallest absolute Gasteiger partial charge is 0.312 e. The number of phenols is 1. The van der Waals surface area contributed by atoms with Crippen molar-refractivity contribution < 1.29 is 23.8 Å². The SMILES string of the molecule is COc1cc([C@@H]2CC(=O)Oc3ccc4c(=O)c(-c5ccccc5)coc4c32)ccc1O. The Labute approximate surface area is 177 Å². The number of carbonyl (C=O) groups is 1. The molecule has 6 heteroatoms. The lowest BCUT2D eigenvalue weighted by Crippen LogP contribution is -2.22. The fraction of sp³-hybridized carbons (Fsp3) is 0.120. The van der Waals surface area contributed by atoms with Gasteiger partial charge in [0.1, 0.15) is 17.6 Å². The van der Waals surface area contributed by atoms with Crippen LogP contribution in [0.15, 0.2) is 76.1 Å². The van der Waals surface area contributed by atoms with Crippen molar-refractivity contribution in [3.63, 3.8) is 0 Å². The summed E-state index contributed by atoms with van der Waals surface area (Å²) in [5.41, 5.74) is 2.82. The van der Waals surface area contributed by atoms with E-state index < -0.39 is 5.92 Å². The third kappa shape index (κ3) is 3.13. The minimum absolute atomic E-state index is 0.00168. The van der Waals surface area contributed by atoms with E-state index in [1.165, 1.54) is 19.4 Å². The van der Waals surface area contributed by atoms with Crippen LogP contribution in [-0.2, 0) is 4.79 Å².